The standard InChI is InChI=1S/C21H28N2O3S/c1-3-26-20(24)21(11-13-25-2)10-7-12-23(16-21)15-18-14-22-19(27-18)17-8-5-4-6-9-17/h4-6,8-9,14H,3,7,10-13,15-16H2,1-2H3. The van der Waals surface area contributed by atoms with E-state index in [1.807, 2.05) is 31.3 Å². The van der Waals surface area contributed by atoms with Crippen LogP contribution in [0.3, 0.4) is 0 Å². The number of nitrogens with zero attached hydrogens (tertiary/aromatic N) is 2. The monoisotopic (exact) mass is 388 g/mol. The molecule has 2 heterocycles. The van der Waals surface area contributed by atoms with Crippen LogP contribution in [-0.2, 0) is 20.8 Å². The molecule has 1 aromatic heterocycles. The molecule has 6 heteroatoms. The lowest BCUT2D eigenvalue weighted by Gasteiger charge is -2.40. The normalized spacial score (nSPS) is 20.5. The number of carbonyl (C=O) groups is 1. The predicted octanol–water partition coefficient (Wildman–Crippen LogP) is 3.99. The summed E-state index contributed by atoms with van der Waals surface area (Å²) >= 11 is 1.72. The molecule has 0 amide bonds. The molecular weight excluding hydrogens is 360 g/mol. The Bertz CT molecular complexity index is 734. The van der Waals surface area contributed by atoms with Gasteiger partial charge in [-0.2, -0.15) is 0 Å². The number of methoxy groups -OCH3 is 1. The molecular formula is C21H28N2O3S. The highest BCUT2D eigenvalue weighted by molar-refractivity contribution is 7.15. The number of hydrogen-bond donors (Lipinski definition) is 0. The fourth-order valence-corrected chi connectivity index (χ4v) is 4.69. The summed E-state index contributed by atoms with van der Waals surface area (Å²) in [5, 5.41) is 1.04. The maximum Gasteiger partial charge on any atom is 0.313 e. The molecule has 2 aromatic rings. The molecule has 0 N–H and O–H groups in total. The molecule has 1 saturated heterocycles. The first-order chi connectivity index (χ1) is 13.2. The van der Waals surface area contributed by atoms with Crippen molar-refractivity contribution < 1.29 is 14.3 Å². The molecule has 1 atom stereocenters. The second-order valence-electron chi connectivity index (χ2n) is 7.06. The van der Waals surface area contributed by atoms with Crippen LogP contribution in [0, 0.1) is 5.41 Å². The molecule has 3 rings (SSSR count). The van der Waals surface area contributed by atoms with Gasteiger partial charge in [-0.3, -0.25) is 9.69 Å². The largest absolute Gasteiger partial charge is 0.466 e. The number of ether oxygens (including phenoxy) is 2. The number of carbonyl (C=O) groups excluding carboxylic acids is 1. The van der Waals surface area contributed by atoms with E-state index in [4.69, 9.17) is 9.47 Å². The molecule has 0 bridgehead atoms. The maximum absolute atomic E-state index is 12.7. The Morgan fingerprint density at radius 1 is 1.33 bits per heavy atom. The average molecular weight is 389 g/mol. The van der Waals surface area contributed by atoms with Crippen molar-refractivity contribution in [2.24, 2.45) is 5.41 Å². The lowest BCUT2D eigenvalue weighted by molar-refractivity contribution is -0.160. The number of piperidine rings is 1. The summed E-state index contributed by atoms with van der Waals surface area (Å²) in [5.74, 6) is -0.0824. The highest BCUT2D eigenvalue weighted by Crippen LogP contribution is 2.36. The average Bonchev–Trinajstić information content (AvgIpc) is 3.16. The zero-order valence-corrected chi connectivity index (χ0v) is 17.0. The minimum absolute atomic E-state index is 0.0824. The number of esters is 1. The molecule has 1 aliphatic heterocycles. The minimum Gasteiger partial charge on any atom is -0.466 e. The third kappa shape index (κ3) is 4.94. The van der Waals surface area contributed by atoms with Gasteiger partial charge in [0.2, 0.25) is 0 Å². The van der Waals surface area contributed by atoms with Gasteiger partial charge in [0.25, 0.3) is 0 Å². The Labute approximate surface area is 165 Å². The highest BCUT2D eigenvalue weighted by Gasteiger charge is 2.43. The molecule has 1 aliphatic rings. The van der Waals surface area contributed by atoms with E-state index in [2.05, 4.69) is 22.0 Å². The van der Waals surface area contributed by atoms with Crippen molar-refractivity contribution in [2.45, 2.75) is 32.7 Å². The van der Waals surface area contributed by atoms with Crippen molar-refractivity contribution in [3.63, 3.8) is 0 Å². The van der Waals surface area contributed by atoms with Crippen molar-refractivity contribution in [3.05, 3.63) is 41.4 Å². The van der Waals surface area contributed by atoms with Gasteiger partial charge in [0.1, 0.15) is 5.01 Å². The van der Waals surface area contributed by atoms with E-state index < -0.39 is 5.41 Å². The summed E-state index contributed by atoms with van der Waals surface area (Å²) in [6, 6.07) is 10.2. The third-order valence-corrected chi connectivity index (χ3v) is 6.13. The van der Waals surface area contributed by atoms with E-state index in [-0.39, 0.29) is 5.97 Å². The lowest BCUT2D eigenvalue weighted by Crippen LogP contribution is -2.48. The maximum atomic E-state index is 12.7. The molecule has 0 aliphatic carbocycles. The van der Waals surface area contributed by atoms with Gasteiger partial charge in [-0.25, -0.2) is 4.98 Å². The summed E-state index contributed by atoms with van der Waals surface area (Å²) < 4.78 is 10.7. The summed E-state index contributed by atoms with van der Waals surface area (Å²) in [7, 11) is 1.68. The first-order valence-corrected chi connectivity index (χ1v) is 10.4. The third-order valence-electron chi connectivity index (χ3n) is 5.10. The SMILES string of the molecule is CCOC(=O)C1(CCOC)CCCN(Cc2cnc(-c3ccccc3)s2)C1. The van der Waals surface area contributed by atoms with E-state index in [0.717, 1.165) is 36.5 Å². The second kappa shape index (κ2) is 9.44. The van der Waals surface area contributed by atoms with Crippen molar-refractivity contribution in [2.75, 3.05) is 33.4 Å². The van der Waals surface area contributed by atoms with Crippen LogP contribution < -0.4 is 0 Å². The molecule has 1 aromatic carbocycles. The van der Waals surface area contributed by atoms with E-state index >= 15 is 0 Å². The number of thiazole rings is 1. The van der Waals surface area contributed by atoms with E-state index in [0.29, 0.717) is 26.2 Å². The van der Waals surface area contributed by atoms with Gasteiger partial charge in [0.05, 0.1) is 12.0 Å². The van der Waals surface area contributed by atoms with E-state index in [9.17, 15) is 4.79 Å². The minimum atomic E-state index is -0.461. The van der Waals surface area contributed by atoms with Crippen LogP contribution in [0.15, 0.2) is 36.5 Å². The summed E-state index contributed by atoms with van der Waals surface area (Å²) in [6.07, 6.45) is 4.52. The first-order valence-electron chi connectivity index (χ1n) is 9.55. The number of hydrogen-bond acceptors (Lipinski definition) is 6. The van der Waals surface area contributed by atoms with Gasteiger partial charge < -0.3 is 9.47 Å². The number of likely N-dealkylation sites (tertiary alicyclic amines) is 1. The van der Waals surface area contributed by atoms with Gasteiger partial charge in [-0.1, -0.05) is 30.3 Å². The predicted molar refractivity (Wildman–Crippen MR) is 108 cm³/mol. The van der Waals surface area contributed by atoms with Crippen molar-refractivity contribution in [1.29, 1.82) is 0 Å². The Morgan fingerprint density at radius 3 is 2.89 bits per heavy atom. The molecule has 1 fully saturated rings. The molecule has 0 saturated carbocycles. The lowest BCUT2D eigenvalue weighted by atomic mass is 9.77. The van der Waals surface area contributed by atoms with Crippen LogP contribution >= 0.6 is 11.3 Å². The second-order valence-corrected chi connectivity index (χ2v) is 8.17. The Hall–Kier alpha value is -1.76. The fourth-order valence-electron chi connectivity index (χ4n) is 3.73. The molecule has 0 spiro atoms. The quantitative estimate of drug-likeness (QED) is 0.640. The molecule has 146 valence electrons. The Kier molecular flexibility index (Phi) is 6.99. The van der Waals surface area contributed by atoms with Gasteiger partial charge in [-0.15, -0.1) is 11.3 Å². The highest BCUT2D eigenvalue weighted by atomic mass is 32.1. The zero-order chi connectivity index (χ0) is 19.1. The fraction of sp³-hybridized carbons (Fsp3) is 0.524. The molecule has 1 unspecified atom stereocenters. The van der Waals surface area contributed by atoms with E-state index in [1.165, 1.54) is 4.88 Å². The first kappa shape index (κ1) is 20.0. The topological polar surface area (TPSA) is 51.7 Å². The van der Waals surface area contributed by atoms with Crippen LogP contribution in [0.5, 0.6) is 0 Å². The van der Waals surface area contributed by atoms with E-state index in [1.54, 1.807) is 18.4 Å². The van der Waals surface area contributed by atoms with Gasteiger partial charge in [0, 0.05) is 43.4 Å². The van der Waals surface area contributed by atoms with Crippen LogP contribution in [0.2, 0.25) is 0 Å². The molecule has 27 heavy (non-hydrogen) atoms. The van der Waals surface area contributed by atoms with Crippen molar-refractivity contribution in [3.8, 4) is 10.6 Å². The van der Waals surface area contributed by atoms with Crippen LogP contribution in [0.1, 0.15) is 31.1 Å². The number of benzene rings is 1. The van der Waals surface area contributed by atoms with Gasteiger partial charge >= 0.3 is 5.97 Å². The summed E-state index contributed by atoms with van der Waals surface area (Å²) in [6.45, 7) is 5.39. The van der Waals surface area contributed by atoms with Crippen LogP contribution in [-0.4, -0.2) is 49.3 Å². The zero-order valence-electron chi connectivity index (χ0n) is 16.1. The van der Waals surface area contributed by atoms with Crippen molar-refractivity contribution in [1.82, 2.24) is 9.88 Å². The van der Waals surface area contributed by atoms with Crippen LogP contribution in [0.25, 0.3) is 10.6 Å². The summed E-state index contributed by atoms with van der Waals surface area (Å²) in [5.41, 5.74) is 0.686. The van der Waals surface area contributed by atoms with Gasteiger partial charge in [0.15, 0.2) is 0 Å². The number of rotatable bonds is 8. The van der Waals surface area contributed by atoms with Crippen LogP contribution in [0.4, 0.5) is 0 Å². The van der Waals surface area contributed by atoms with Crippen molar-refractivity contribution >= 4 is 17.3 Å². The molecule has 5 nitrogen and oxygen atoms in total. The Balaban J connectivity index is 1.70. The summed E-state index contributed by atoms with van der Waals surface area (Å²) in [4.78, 5) is 20.9. The smallest absolute Gasteiger partial charge is 0.313 e. The Morgan fingerprint density at radius 2 is 2.15 bits per heavy atom. The molecule has 0 radical (unpaired) electrons. The van der Waals surface area contributed by atoms with Gasteiger partial charge in [-0.05, 0) is 32.7 Å². The number of aromatic nitrogens is 1.